The molecule has 9 heteroatoms. The zero-order valence-electron chi connectivity index (χ0n) is 9.93. The highest BCUT2D eigenvalue weighted by atomic mass is 35.5. The van der Waals surface area contributed by atoms with Crippen molar-refractivity contribution in [1.29, 1.82) is 0 Å². The number of rotatable bonds is 3. The van der Waals surface area contributed by atoms with E-state index in [0.29, 0.717) is 0 Å². The van der Waals surface area contributed by atoms with Gasteiger partial charge in [0.15, 0.2) is 11.5 Å². The van der Waals surface area contributed by atoms with Gasteiger partial charge in [0.2, 0.25) is 0 Å². The van der Waals surface area contributed by atoms with Gasteiger partial charge in [-0.15, -0.1) is 0 Å². The Bertz CT molecular complexity index is 700. The molecule has 0 spiro atoms. The molecule has 2 aromatic rings. The highest BCUT2D eigenvalue weighted by Crippen LogP contribution is 2.23. The molecule has 5 N–H and O–H groups in total. The summed E-state index contributed by atoms with van der Waals surface area (Å²) < 4.78 is 14.9. The Labute approximate surface area is 117 Å². The second-order valence-corrected chi connectivity index (χ2v) is 4.17. The normalized spacial score (nSPS) is 10.3. The fourth-order valence-corrected chi connectivity index (χ4v) is 1.74. The van der Waals surface area contributed by atoms with Crippen molar-refractivity contribution >= 4 is 29.2 Å². The van der Waals surface area contributed by atoms with Crippen LogP contribution in [-0.2, 0) is 0 Å². The highest BCUT2D eigenvalue weighted by Gasteiger charge is 2.18. The molecule has 104 valence electrons. The van der Waals surface area contributed by atoms with Gasteiger partial charge in [0.1, 0.15) is 5.69 Å². The molecule has 0 aliphatic rings. The number of hydrogen-bond donors (Lipinski definition) is 3. The first-order valence-corrected chi connectivity index (χ1v) is 5.68. The van der Waals surface area contributed by atoms with Crippen LogP contribution in [0.25, 0.3) is 5.69 Å². The molecule has 0 saturated carbocycles. The first-order valence-electron chi connectivity index (χ1n) is 5.30. The molecule has 0 atom stereocenters. The van der Waals surface area contributed by atoms with E-state index in [1.54, 1.807) is 0 Å². The molecule has 0 bridgehead atoms. The average molecular weight is 298 g/mol. The number of nitrogens with two attached hydrogens (primary N) is 2. The van der Waals surface area contributed by atoms with Crippen molar-refractivity contribution in [2.24, 2.45) is 11.5 Å². The average Bonchev–Trinajstić information content (AvgIpc) is 2.75. The van der Waals surface area contributed by atoms with Crippen LogP contribution in [0, 0.1) is 5.82 Å². The number of primary amides is 2. The van der Waals surface area contributed by atoms with Crippen LogP contribution in [0.5, 0.6) is 0 Å². The summed E-state index contributed by atoms with van der Waals surface area (Å²) >= 11 is 5.66. The van der Waals surface area contributed by atoms with E-state index >= 15 is 0 Å². The monoisotopic (exact) mass is 297 g/mol. The lowest BCUT2D eigenvalue weighted by molar-refractivity contribution is 0.0996. The number of urea groups is 1. The third-order valence-electron chi connectivity index (χ3n) is 2.38. The molecule has 0 saturated heterocycles. The summed E-state index contributed by atoms with van der Waals surface area (Å²) in [4.78, 5) is 22.1. The van der Waals surface area contributed by atoms with Crippen LogP contribution in [-0.4, -0.2) is 21.7 Å². The topological polar surface area (TPSA) is 116 Å². The quantitative estimate of drug-likeness (QED) is 0.791. The van der Waals surface area contributed by atoms with Crippen molar-refractivity contribution in [3.05, 3.63) is 40.9 Å². The van der Waals surface area contributed by atoms with E-state index < -0.39 is 17.8 Å². The fraction of sp³-hybridized carbons (Fsp3) is 0. The van der Waals surface area contributed by atoms with Crippen LogP contribution in [0.15, 0.2) is 24.4 Å². The molecule has 3 amide bonds. The van der Waals surface area contributed by atoms with Gasteiger partial charge in [0.05, 0.1) is 16.9 Å². The van der Waals surface area contributed by atoms with Crippen molar-refractivity contribution in [1.82, 2.24) is 9.78 Å². The minimum Gasteiger partial charge on any atom is -0.364 e. The van der Waals surface area contributed by atoms with Crippen LogP contribution >= 0.6 is 11.6 Å². The Morgan fingerprint density at radius 2 is 2.05 bits per heavy atom. The Balaban J connectivity index is 2.55. The minimum absolute atomic E-state index is 0.00230. The van der Waals surface area contributed by atoms with Gasteiger partial charge < -0.3 is 16.8 Å². The number of halogens is 2. The number of carbonyl (C=O) groups excluding carboxylic acids is 2. The predicted octanol–water partition coefficient (Wildman–Crippen LogP) is 1.25. The molecule has 0 unspecified atom stereocenters. The number of anilines is 1. The molecule has 1 aromatic carbocycles. The minimum atomic E-state index is -0.904. The zero-order chi connectivity index (χ0) is 14.9. The van der Waals surface area contributed by atoms with Crippen molar-refractivity contribution in [2.45, 2.75) is 0 Å². The second-order valence-electron chi connectivity index (χ2n) is 3.76. The lowest BCUT2D eigenvalue weighted by atomic mass is 10.3. The maximum atomic E-state index is 13.9. The maximum absolute atomic E-state index is 13.9. The number of carbonyl (C=O) groups is 2. The number of aromatic nitrogens is 2. The standard InChI is InChI=1S/C11H9ClFN5O2/c12-5-2-1-3-7(8(5)13)18-4-6(16-11(15)20)9(17-18)10(14)19/h1-4H,(H2,14,19)(H3,15,16,20). The molecule has 7 nitrogen and oxygen atoms in total. The van der Waals surface area contributed by atoms with E-state index in [4.69, 9.17) is 23.1 Å². The van der Waals surface area contributed by atoms with Gasteiger partial charge in [-0.2, -0.15) is 5.10 Å². The Hall–Kier alpha value is -2.61. The van der Waals surface area contributed by atoms with Gasteiger partial charge in [-0.05, 0) is 12.1 Å². The lowest BCUT2D eigenvalue weighted by Gasteiger charge is -2.03. The van der Waals surface area contributed by atoms with E-state index in [0.717, 1.165) is 4.68 Å². The van der Waals surface area contributed by atoms with Gasteiger partial charge in [-0.25, -0.2) is 13.9 Å². The lowest BCUT2D eigenvalue weighted by Crippen LogP contribution is -2.22. The van der Waals surface area contributed by atoms with Gasteiger partial charge in [0, 0.05) is 0 Å². The van der Waals surface area contributed by atoms with E-state index in [-0.39, 0.29) is 22.1 Å². The van der Waals surface area contributed by atoms with Gasteiger partial charge >= 0.3 is 6.03 Å². The van der Waals surface area contributed by atoms with Crippen molar-refractivity contribution in [2.75, 3.05) is 5.32 Å². The highest BCUT2D eigenvalue weighted by molar-refractivity contribution is 6.30. The third-order valence-corrected chi connectivity index (χ3v) is 2.68. The van der Waals surface area contributed by atoms with Gasteiger partial charge in [-0.1, -0.05) is 17.7 Å². The molecule has 1 aromatic heterocycles. The van der Waals surface area contributed by atoms with Crippen LogP contribution in [0.1, 0.15) is 10.5 Å². The van der Waals surface area contributed by atoms with E-state index in [1.165, 1.54) is 24.4 Å². The van der Waals surface area contributed by atoms with Crippen molar-refractivity contribution in [3.63, 3.8) is 0 Å². The van der Waals surface area contributed by atoms with Gasteiger partial charge in [-0.3, -0.25) is 4.79 Å². The zero-order valence-corrected chi connectivity index (χ0v) is 10.7. The van der Waals surface area contributed by atoms with E-state index in [9.17, 15) is 14.0 Å². The number of benzene rings is 1. The summed E-state index contributed by atoms with van der Waals surface area (Å²) in [5.74, 6) is -1.62. The fourth-order valence-electron chi connectivity index (χ4n) is 1.57. The predicted molar refractivity (Wildman–Crippen MR) is 70.3 cm³/mol. The summed E-state index contributed by atoms with van der Waals surface area (Å²) in [5.41, 5.74) is 9.81. The molecule has 0 radical (unpaired) electrons. The number of nitrogens with zero attached hydrogens (tertiary/aromatic N) is 2. The van der Waals surface area contributed by atoms with E-state index in [1.807, 2.05) is 0 Å². The molecule has 20 heavy (non-hydrogen) atoms. The van der Waals surface area contributed by atoms with Crippen LogP contribution in [0.3, 0.4) is 0 Å². The van der Waals surface area contributed by atoms with Crippen LogP contribution in [0.2, 0.25) is 5.02 Å². The summed E-state index contributed by atoms with van der Waals surface area (Å²) in [5, 5.41) is 5.88. The van der Waals surface area contributed by atoms with Gasteiger partial charge in [0.25, 0.3) is 5.91 Å². The SMILES string of the molecule is NC(=O)Nc1cn(-c2cccc(Cl)c2F)nc1C(N)=O. The van der Waals surface area contributed by atoms with Crippen LogP contribution < -0.4 is 16.8 Å². The first kappa shape index (κ1) is 13.8. The van der Waals surface area contributed by atoms with E-state index in [2.05, 4.69) is 10.4 Å². The Kier molecular flexibility index (Phi) is 3.57. The molecule has 0 fully saturated rings. The molecular formula is C11H9ClFN5O2. The first-order chi connectivity index (χ1) is 9.40. The molecule has 0 aliphatic heterocycles. The maximum Gasteiger partial charge on any atom is 0.316 e. The second kappa shape index (κ2) is 5.17. The Morgan fingerprint density at radius 1 is 1.35 bits per heavy atom. The molecular weight excluding hydrogens is 289 g/mol. The largest absolute Gasteiger partial charge is 0.364 e. The summed E-state index contributed by atoms with van der Waals surface area (Å²) in [6, 6.07) is 3.36. The smallest absolute Gasteiger partial charge is 0.316 e. The summed E-state index contributed by atoms with van der Waals surface area (Å²) in [6.45, 7) is 0. The Morgan fingerprint density at radius 3 is 2.65 bits per heavy atom. The molecule has 0 aliphatic carbocycles. The van der Waals surface area contributed by atoms with Crippen LogP contribution in [0.4, 0.5) is 14.9 Å². The number of amides is 3. The number of nitrogens with one attached hydrogen (secondary N) is 1. The third kappa shape index (κ3) is 2.54. The summed E-state index contributed by atoms with van der Waals surface area (Å²) in [7, 11) is 0. The molecule has 1 heterocycles. The van der Waals surface area contributed by atoms with Crippen molar-refractivity contribution in [3.8, 4) is 5.69 Å². The molecule has 2 rings (SSSR count). The number of hydrogen-bond acceptors (Lipinski definition) is 3. The summed E-state index contributed by atoms with van der Waals surface area (Å²) in [6.07, 6.45) is 1.21. The van der Waals surface area contributed by atoms with Crippen molar-refractivity contribution < 1.29 is 14.0 Å².